The van der Waals surface area contributed by atoms with Crippen LogP contribution in [0.1, 0.15) is 18.4 Å². The number of pyridine rings is 1. The van der Waals surface area contributed by atoms with Crippen LogP contribution in [0, 0.1) is 0 Å². The predicted molar refractivity (Wildman–Crippen MR) is 83.4 cm³/mol. The molecule has 0 unspecified atom stereocenters. The lowest BCUT2D eigenvalue weighted by molar-refractivity contribution is 0.576. The van der Waals surface area contributed by atoms with Gasteiger partial charge in [0, 0.05) is 30.7 Å². The Morgan fingerprint density at radius 1 is 1.19 bits per heavy atom. The first-order valence-electron chi connectivity index (χ1n) is 7.17. The Hall–Kier alpha value is -1.50. The van der Waals surface area contributed by atoms with E-state index in [1.165, 1.54) is 0 Å². The van der Waals surface area contributed by atoms with Gasteiger partial charge in [0.05, 0.1) is 11.3 Å². The third-order valence-corrected chi connectivity index (χ3v) is 4.91. The quantitative estimate of drug-likeness (QED) is 0.811. The molecule has 112 valence electrons. The Balaban J connectivity index is 1.62. The van der Waals surface area contributed by atoms with Gasteiger partial charge in [0.15, 0.2) is 0 Å². The lowest BCUT2D eigenvalue weighted by Crippen LogP contribution is -2.32. The molecule has 0 aliphatic heterocycles. The average Bonchev–Trinajstić information content (AvgIpc) is 3.29. The Morgan fingerprint density at radius 2 is 2.00 bits per heavy atom. The molecule has 1 aromatic heterocycles. The third-order valence-electron chi connectivity index (χ3n) is 3.58. The topological polar surface area (TPSA) is 71.1 Å². The molecule has 2 aromatic rings. The standard InChI is InChI=1S/C15H19N3O2S/c19-21(20,10-9-16-14-6-7-14)18-11-13-4-1-3-12-5-2-8-17-15(12)13/h1-5,8,14,16,18H,6-7,9-11H2. The van der Waals surface area contributed by atoms with Gasteiger partial charge >= 0.3 is 0 Å². The summed E-state index contributed by atoms with van der Waals surface area (Å²) in [6, 6.07) is 10.2. The van der Waals surface area contributed by atoms with Gasteiger partial charge in [-0.15, -0.1) is 0 Å². The van der Waals surface area contributed by atoms with E-state index in [4.69, 9.17) is 0 Å². The van der Waals surface area contributed by atoms with E-state index in [1.54, 1.807) is 6.20 Å². The van der Waals surface area contributed by atoms with Gasteiger partial charge in [0.1, 0.15) is 0 Å². The van der Waals surface area contributed by atoms with Crippen molar-refractivity contribution in [2.24, 2.45) is 0 Å². The van der Waals surface area contributed by atoms with Crippen molar-refractivity contribution >= 4 is 20.9 Å². The highest BCUT2D eigenvalue weighted by Gasteiger charge is 2.21. The van der Waals surface area contributed by atoms with Crippen LogP contribution in [0.2, 0.25) is 0 Å². The summed E-state index contributed by atoms with van der Waals surface area (Å²) in [6.07, 6.45) is 4.05. The van der Waals surface area contributed by atoms with Gasteiger partial charge in [-0.25, -0.2) is 13.1 Å². The van der Waals surface area contributed by atoms with E-state index < -0.39 is 10.0 Å². The first kappa shape index (κ1) is 14.4. The first-order valence-corrected chi connectivity index (χ1v) is 8.83. The van der Waals surface area contributed by atoms with Crippen LogP contribution < -0.4 is 10.0 Å². The van der Waals surface area contributed by atoms with E-state index >= 15 is 0 Å². The van der Waals surface area contributed by atoms with Gasteiger partial charge in [0.25, 0.3) is 0 Å². The third kappa shape index (κ3) is 4.00. The minimum absolute atomic E-state index is 0.113. The van der Waals surface area contributed by atoms with E-state index in [2.05, 4.69) is 15.0 Å². The smallest absolute Gasteiger partial charge is 0.213 e. The van der Waals surface area contributed by atoms with Crippen molar-refractivity contribution in [3.8, 4) is 0 Å². The molecule has 1 aromatic carbocycles. The second-order valence-corrected chi connectivity index (χ2v) is 7.29. The zero-order valence-corrected chi connectivity index (χ0v) is 12.6. The van der Waals surface area contributed by atoms with Crippen molar-refractivity contribution in [1.29, 1.82) is 0 Å². The molecule has 2 N–H and O–H groups in total. The monoisotopic (exact) mass is 305 g/mol. The number of fused-ring (bicyclic) bond motifs is 1. The Kier molecular flexibility index (Phi) is 4.19. The molecule has 0 radical (unpaired) electrons. The maximum Gasteiger partial charge on any atom is 0.213 e. The molecule has 1 aliphatic rings. The van der Waals surface area contributed by atoms with Crippen LogP contribution in [0.15, 0.2) is 36.5 Å². The summed E-state index contributed by atoms with van der Waals surface area (Å²) in [5.74, 6) is 0.113. The van der Waals surface area contributed by atoms with Crippen LogP contribution >= 0.6 is 0 Å². The van der Waals surface area contributed by atoms with Crippen LogP contribution in [-0.2, 0) is 16.6 Å². The molecule has 6 heteroatoms. The fourth-order valence-corrected chi connectivity index (χ4v) is 3.16. The second kappa shape index (κ2) is 6.09. The van der Waals surface area contributed by atoms with E-state index in [0.29, 0.717) is 12.6 Å². The molecule has 1 fully saturated rings. The number of para-hydroxylation sites is 1. The van der Waals surface area contributed by atoms with Crippen LogP contribution in [-0.4, -0.2) is 31.7 Å². The molecule has 21 heavy (non-hydrogen) atoms. The number of rotatable bonds is 7. The van der Waals surface area contributed by atoms with Crippen LogP contribution in [0.25, 0.3) is 10.9 Å². The van der Waals surface area contributed by atoms with Crippen LogP contribution in [0.5, 0.6) is 0 Å². The largest absolute Gasteiger partial charge is 0.313 e. The number of nitrogens with one attached hydrogen (secondary N) is 2. The molecule has 1 aliphatic carbocycles. The minimum Gasteiger partial charge on any atom is -0.313 e. The van der Waals surface area contributed by atoms with E-state index in [0.717, 1.165) is 29.3 Å². The van der Waals surface area contributed by atoms with E-state index in [-0.39, 0.29) is 12.3 Å². The summed E-state index contributed by atoms with van der Waals surface area (Å²) in [5, 5.41) is 4.23. The van der Waals surface area contributed by atoms with Gasteiger partial charge in [-0.05, 0) is 24.5 Å². The molecule has 3 rings (SSSR count). The average molecular weight is 305 g/mol. The van der Waals surface area contributed by atoms with E-state index in [9.17, 15) is 8.42 Å². The predicted octanol–water partition coefficient (Wildman–Crippen LogP) is 1.41. The fraction of sp³-hybridized carbons (Fsp3) is 0.400. The highest BCUT2D eigenvalue weighted by atomic mass is 32.2. The maximum absolute atomic E-state index is 12.0. The Bertz CT molecular complexity index is 721. The molecular weight excluding hydrogens is 286 g/mol. The first-order chi connectivity index (χ1) is 10.1. The number of hydrogen-bond donors (Lipinski definition) is 2. The van der Waals surface area contributed by atoms with Crippen molar-refractivity contribution in [2.75, 3.05) is 12.3 Å². The second-order valence-electron chi connectivity index (χ2n) is 5.36. The van der Waals surface area contributed by atoms with Crippen LogP contribution in [0.3, 0.4) is 0 Å². The molecule has 0 saturated heterocycles. The van der Waals surface area contributed by atoms with Gasteiger partial charge < -0.3 is 5.32 Å². The highest BCUT2D eigenvalue weighted by Crippen LogP contribution is 2.18. The van der Waals surface area contributed by atoms with Crippen molar-refractivity contribution in [2.45, 2.75) is 25.4 Å². The summed E-state index contributed by atoms with van der Waals surface area (Å²) >= 11 is 0. The van der Waals surface area contributed by atoms with Crippen molar-refractivity contribution in [3.63, 3.8) is 0 Å². The van der Waals surface area contributed by atoms with Gasteiger partial charge in [-0.2, -0.15) is 0 Å². The molecule has 5 nitrogen and oxygen atoms in total. The Labute approximate surface area is 124 Å². The molecule has 1 saturated carbocycles. The summed E-state index contributed by atoms with van der Waals surface area (Å²) in [7, 11) is -3.26. The Morgan fingerprint density at radius 3 is 2.81 bits per heavy atom. The summed E-state index contributed by atoms with van der Waals surface area (Å²) in [4.78, 5) is 4.33. The lowest BCUT2D eigenvalue weighted by Gasteiger charge is -2.09. The SMILES string of the molecule is O=S(=O)(CCNC1CC1)NCc1cccc2cccnc12. The van der Waals surface area contributed by atoms with Crippen molar-refractivity contribution in [3.05, 3.63) is 42.1 Å². The number of nitrogens with zero attached hydrogens (tertiary/aromatic N) is 1. The summed E-state index contributed by atoms with van der Waals surface area (Å²) in [6.45, 7) is 0.786. The van der Waals surface area contributed by atoms with Gasteiger partial charge in [-0.3, -0.25) is 4.98 Å². The fourth-order valence-electron chi connectivity index (χ4n) is 2.25. The molecule has 0 bridgehead atoms. The molecular formula is C15H19N3O2S. The summed E-state index contributed by atoms with van der Waals surface area (Å²) < 4.78 is 26.6. The van der Waals surface area contributed by atoms with Crippen molar-refractivity contribution < 1.29 is 8.42 Å². The number of hydrogen-bond acceptors (Lipinski definition) is 4. The minimum atomic E-state index is -3.26. The van der Waals surface area contributed by atoms with Crippen LogP contribution in [0.4, 0.5) is 0 Å². The zero-order valence-electron chi connectivity index (χ0n) is 11.7. The molecule has 0 amide bonds. The molecule has 1 heterocycles. The molecule has 0 atom stereocenters. The van der Waals surface area contributed by atoms with Gasteiger partial charge in [-0.1, -0.05) is 24.3 Å². The molecule has 0 spiro atoms. The highest BCUT2D eigenvalue weighted by molar-refractivity contribution is 7.89. The van der Waals surface area contributed by atoms with Gasteiger partial charge in [0.2, 0.25) is 10.0 Å². The lowest BCUT2D eigenvalue weighted by atomic mass is 10.1. The summed E-state index contributed by atoms with van der Waals surface area (Å²) in [5.41, 5.74) is 1.74. The van der Waals surface area contributed by atoms with E-state index in [1.807, 2.05) is 30.3 Å². The number of aromatic nitrogens is 1. The normalized spacial score (nSPS) is 15.4. The van der Waals surface area contributed by atoms with Crippen molar-refractivity contribution in [1.82, 2.24) is 15.0 Å². The number of benzene rings is 1. The maximum atomic E-state index is 12.0. The number of sulfonamides is 1. The zero-order chi connectivity index (χ0) is 14.7.